The number of rotatable bonds is 10. The van der Waals surface area contributed by atoms with Crippen molar-refractivity contribution in [3.63, 3.8) is 0 Å². The number of nitrogens with zero attached hydrogens (tertiary/aromatic N) is 5. The van der Waals surface area contributed by atoms with Crippen LogP contribution < -0.4 is 20.7 Å². The zero-order valence-corrected chi connectivity index (χ0v) is 25.0. The van der Waals surface area contributed by atoms with Gasteiger partial charge in [-0.2, -0.15) is 5.10 Å². The van der Waals surface area contributed by atoms with Gasteiger partial charge in [-0.15, -0.1) is 0 Å². The Balaban J connectivity index is 1.41. The standard InChI is InChI=1S/C33H33F4N7O2/c1-46-29-15-24(34)23(14-25(29)35)26-13-21(12-22-8-9-27-32(38)40-19-42-44(22)27)28(17-39-26)43-11-5-10-33(18-43,30(45)31(36)37)41-16-20-6-3-2-4-7-20/h2-4,6-9,13-15,17,19,30-31,41,45H,5,10-12,16,18H2,1H3,(H2,38,40,42)/t30-,33-/m1/s1. The molecule has 46 heavy (non-hydrogen) atoms. The second kappa shape index (κ2) is 12.9. The van der Waals surface area contributed by atoms with Gasteiger partial charge in [0.25, 0.3) is 6.43 Å². The number of nitrogens with two attached hydrogens (primary N) is 1. The van der Waals surface area contributed by atoms with Gasteiger partial charge in [0, 0.05) is 43.4 Å². The van der Waals surface area contributed by atoms with Gasteiger partial charge in [0.2, 0.25) is 0 Å². The fraction of sp³-hybridized carbons (Fsp3) is 0.303. The first kappa shape index (κ1) is 31.2. The number of methoxy groups -OCH3 is 1. The van der Waals surface area contributed by atoms with Crippen molar-refractivity contribution >= 4 is 17.0 Å². The van der Waals surface area contributed by atoms with Crippen LogP contribution in [0.3, 0.4) is 0 Å². The lowest BCUT2D eigenvalue weighted by atomic mass is 9.82. The van der Waals surface area contributed by atoms with Crippen LogP contribution in [0.2, 0.25) is 0 Å². The number of aromatic nitrogens is 4. The average molecular weight is 636 g/mol. The molecule has 9 nitrogen and oxygen atoms in total. The van der Waals surface area contributed by atoms with E-state index in [1.54, 1.807) is 16.6 Å². The fourth-order valence-electron chi connectivity index (χ4n) is 6.18. The molecule has 0 saturated carbocycles. The van der Waals surface area contributed by atoms with Gasteiger partial charge in [0.1, 0.15) is 23.8 Å². The van der Waals surface area contributed by atoms with E-state index in [9.17, 15) is 18.3 Å². The first-order valence-electron chi connectivity index (χ1n) is 14.8. The summed E-state index contributed by atoms with van der Waals surface area (Å²) in [6.45, 7) is 0.825. The zero-order chi connectivity index (χ0) is 32.4. The van der Waals surface area contributed by atoms with E-state index in [0.717, 1.165) is 23.4 Å². The molecule has 1 aliphatic rings. The largest absolute Gasteiger partial charge is 0.494 e. The molecule has 0 bridgehead atoms. The first-order chi connectivity index (χ1) is 22.2. The van der Waals surface area contributed by atoms with Crippen LogP contribution >= 0.6 is 0 Å². The maximum absolute atomic E-state index is 15.2. The van der Waals surface area contributed by atoms with E-state index >= 15 is 4.39 Å². The van der Waals surface area contributed by atoms with Crippen molar-refractivity contribution < 1.29 is 27.4 Å². The average Bonchev–Trinajstić information content (AvgIpc) is 3.48. The van der Waals surface area contributed by atoms with Gasteiger partial charge < -0.3 is 25.8 Å². The molecule has 0 unspecified atom stereocenters. The van der Waals surface area contributed by atoms with E-state index in [1.165, 1.54) is 19.6 Å². The Labute approximate surface area is 262 Å². The summed E-state index contributed by atoms with van der Waals surface area (Å²) in [5.74, 6) is -1.41. The van der Waals surface area contributed by atoms with Crippen molar-refractivity contribution in [1.82, 2.24) is 24.9 Å². The van der Waals surface area contributed by atoms with Gasteiger partial charge >= 0.3 is 0 Å². The molecular weight excluding hydrogens is 602 g/mol. The van der Waals surface area contributed by atoms with Gasteiger partial charge in [0.05, 0.1) is 30.2 Å². The van der Waals surface area contributed by atoms with Crippen molar-refractivity contribution in [2.24, 2.45) is 0 Å². The number of piperidine rings is 1. The Morgan fingerprint density at radius 2 is 1.87 bits per heavy atom. The van der Waals surface area contributed by atoms with Gasteiger partial charge in [-0.1, -0.05) is 30.3 Å². The predicted octanol–water partition coefficient (Wildman–Crippen LogP) is 5.01. The van der Waals surface area contributed by atoms with Gasteiger partial charge in [-0.05, 0) is 48.2 Å². The van der Waals surface area contributed by atoms with Gasteiger partial charge in [-0.25, -0.2) is 27.1 Å². The molecule has 0 radical (unpaired) electrons. The molecular formula is C33H33F4N7O2. The fourth-order valence-corrected chi connectivity index (χ4v) is 6.18. The molecule has 1 saturated heterocycles. The summed E-state index contributed by atoms with van der Waals surface area (Å²) in [5, 5.41) is 18.5. The Kier molecular flexibility index (Phi) is 8.78. The summed E-state index contributed by atoms with van der Waals surface area (Å²) in [4.78, 5) is 10.4. The number of nitrogens with one attached hydrogen (secondary N) is 1. The number of nitrogen functional groups attached to an aromatic ring is 1. The molecule has 240 valence electrons. The summed E-state index contributed by atoms with van der Waals surface area (Å²) in [6.07, 6.45) is -0.972. The Morgan fingerprint density at radius 3 is 2.63 bits per heavy atom. The quantitative estimate of drug-likeness (QED) is 0.184. The monoisotopic (exact) mass is 635 g/mol. The minimum Gasteiger partial charge on any atom is -0.494 e. The molecule has 2 atom stereocenters. The number of aliphatic hydroxyl groups is 1. The lowest BCUT2D eigenvalue weighted by molar-refractivity contribution is -0.0657. The van der Waals surface area contributed by atoms with E-state index in [2.05, 4.69) is 20.4 Å². The van der Waals surface area contributed by atoms with Crippen LogP contribution in [-0.2, 0) is 13.0 Å². The van der Waals surface area contributed by atoms with Gasteiger partial charge in [-0.3, -0.25) is 4.98 Å². The minimum absolute atomic E-state index is 0.0505. The van der Waals surface area contributed by atoms with E-state index in [1.807, 2.05) is 41.3 Å². The Hall–Kier alpha value is -4.75. The highest BCUT2D eigenvalue weighted by atomic mass is 19.3. The van der Waals surface area contributed by atoms with Crippen molar-refractivity contribution in [2.45, 2.75) is 43.9 Å². The third-order valence-electron chi connectivity index (χ3n) is 8.57. The maximum Gasteiger partial charge on any atom is 0.265 e. The van der Waals surface area contributed by atoms with E-state index in [-0.39, 0.29) is 36.5 Å². The molecule has 0 amide bonds. The van der Waals surface area contributed by atoms with Crippen LogP contribution in [-0.4, -0.2) is 63.0 Å². The minimum atomic E-state index is -2.98. The number of aliphatic hydroxyl groups excluding tert-OH is 1. The van der Waals surface area contributed by atoms with E-state index in [0.29, 0.717) is 42.0 Å². The van der Waals surface area contributed by atoms with Crippen molar-refractivity contribution in [2.75, 3.05) is 30.8 Å². The predicted molar refractivity (Wildman–Crippen MR) is 166 cm³/mol. The molecule has 6 rings (SSSR count). The molecule has 1 aliphatic heterocycles. The highest BCUT2D eigenvalue weighted by Crippen LogP contribution is 2.36. The number of ether oxygens (including phenoxy) is 1. The summed E-state index contributed by atoms with van der Waals surface area (Å²) >= 11 is 0. The van der Waals surface area contributed by atoms with Crippen LogP contribution in [0.5, 0.6) is 5.75 Å². The molecule has 4 heterocycles. The molecule has 3 aromatic heterocycles. The lowest BCUT2D eigenvalue weighted by Gasteiger charge is -2.47. The van der Waals surface area contributed by atoms with Crippen molar-refractivity contribution in [3.8, 4) is 17.0 Å². The maximum atomic E-state index is 15.2. The van der Waals surface area contributed by atoms with Crippen LogP contribution in [0.4, 0.5) is 29.1 Å². The smallest absolute Gasteiger partial charge is 0.265 e. The number of anilines is 2. The van der Waals surface area contributed by atoms with E-state index in [4.69, 9.17) is 10.5 Å². The normalized spacial score (nSPS) is 17.5. The van der Waals surface area contributed by atoms with Crippen LogP contribution in [0.15, 0.2) is 73.2 Å². The number of fused-ring (bicyclic) bond motifs is 1. The SMILES string of the molecule is COc1cc(F)c(-c2cc(Cc3ccc4c(N)ncnn34)c(N3CCC[C@](NCc4ccccc4)([C@H](O)C(F)F)C3)cn2)cc1F. The van der Waals surface area contributed by atoms with Crippen LogP contribution in [0, 0.1) is 11.6 Å². The second-order valence-corrected chi connectivity index (χ2v) is 11.4. The Bertz CT molecular complexity index is 1840. The molecule has 5 aromatic rings. The highest BCUT2D eigenvalue weighted by Gasteiger charge is 2.46. The van der Waals surface area contributed by atoms with Crippen molar-refractivity contribution in [1.29, 1.82) is 0 Å². The lowest BCUT2D eigenvalue weighted by Crippen LogP contribution is -2.65. The van der Waals surface area contributed by atoms with Crippen molar-refractivity contribution in [3.05, 3.63) is 102 Å². The molecule has 1 fully saturated rings. The number of pyridine rings is 1. The number of halogens is 4. The molecule has 0 aliphatic carbocycles. The highest BCUT2D eigenvalue weighted by molar-refractivity contribution is 5.68. The number of benzene rings is 2. The van der Waals surface area contributed by atoms with Crippen LogP contribution in [0.25, 0.3) is 16.8 Å². The molecule has 13 heteroatoms. The van der Waals surface area contributed by atoms with Gasteiger partial charge in [0.15, 0.2) is 17.4 Å². The Morgan fingerprint density at radius 1 is 1.07 bits per heavy atom. The number of alkyl halides is 2. The molecule has 0 spiro atoms. The number of hydrogen-bond donors (Lipinski definition) is 3. The topological polar surface area (TPSA) is 114 Å². The zero-order valence-electron chi connectivity index (χ0n) is 25.0. The first-order valence-corrected chi connectivity index (χ1v) is 14.8. The summed E-state index contributed by atoms with van der Waals surface area (Å²) in [5.41, 5.74) is 8.28. The van der Waals surface area contributed by atoms with Crippen LogP contribution in [0.1, 0.15) is 29.7 Å². The summed E-state index contributed by atoms with van der Waals surface area (Å²) < 4.78 is 64.7. The summed E-state index contributed by atoms with van der Waals surface area (Å²) in [6, 6.07) is 16.6. The molecule has 4 N–H and O–H groups in total. The summed E-state index contributed by atoms with van der Waals surface area (Å²) in [7, 11) is 1.25. The third kappa shape index (κ3) is 6.07. The third-order valence-corrected chi connectivity index (χ3v) is 8.57. The van der Waals surface area contributed by atoms with E-state index < -0.39 is 29.7 Å². The number of hydrogen-bond acceptors (Lipinski definition) is 8. The molecule has 2 aromatic carbocycles. The second-order valence-electron chi connectivity index (χ2n) is 11.4.